The van der Waals surface area contributed by atoms with Crippen LogP contribution in [-0.2, 0) is 17.8 Å². The van der Waals surface area contributed by atoms with E-state index in [0.29, 0.717) is 37.6 Å². The second kappa shape index (κ2) is 13.5. The summed E-state index contributed by atoms with van der Waals surface area (Å²) in [6, 6.07) is 13.5. The minimum Gasteiger partial charge on any atom is -0.368 e. The van der Waals surface area contributed by atoms with Crippen LogP contribution < -0.4 is 21.7 Å². The highest BCUT2D eigenvalue weighted by Crippen LogP contribution is 2.06. The van der Waals surface area contributed by atoms with E-state index in [1.165, 1.54) is 12.1 Å². The maximum atomic E-state index is 13.2. The van der Waals surface area contributed by atoms with Crippen molar-refractivity contribution in [3.05, 3.63) is 71.0 Å². The van der Waals surface area contributed by atoms with Crippen LogP contribution in [0.25, 0.3) is 0 Å². The van der Waals surface area contributed by atoms with Gasteiger partial charge in [-0.2, -0.15) is 0 Å². The van der Waals surface area contributed by atoms with Crippen molar-refractivity contribution in [2.75, 3.05) is 19.6 Å². The molecule has 9 heteroatoms. The van der Waals surface area contributed by atoms with Gasteiger partial charge >= 0.3 is 0 Å². The van der Waals surface area contributed by atoms with Gasteiger partial charge in [0.15, 0.2) is 5.96 Å². The Hall–Kier alpha value is -2.69. The SMILES string of the molecule is CCNC(=NCc1ccc(C(=O)NCC(N)=O)cc1)NCCc1cccc(F)c1.I. The lowest BCUT2D eigenvalue weighted by atomic mass is 10.1. The van der Waals surface area contributed by atoms with Gasteiger partial charge in [0.2, 0.25) is 5.91 Å². The first kappa shape index (κ1) is 25.3. The Bertz CT molecular complexity index is 859. The largest absolute Gasteiger partial charge is 0.368 e. The van der Waals surface area contributed by atoms with Crippen molar-refractivity contribution in [3.63, 3.8) is 0 Å². The number of nitrogens with one attached hydrogen (secondary N) is 3. The number of rotatable bonds is 9. The molecule has 2 aromatic carbocycles. The number of primary amides is 1. The molecular formula is C21H27FIN5O2. The normalized spacial score (nSPS) is 10.7. The summed E-state index contributed by atoms with van der Waals surface area (Å²) in [4.78, 5) is 27.1. The minimum atomic E-state index is -0.592. The van der Waals surface area contributed by atoms with E-state index >= 15 is 0 Å². The number of guanidine groups is 1. The fourth-order valence-corrected chi connectivity index (χ4v) is 2.56. The zero-order chi connectivity index (χ0) is 21.1. The minimum absolute atomic E-state index is 0. The smallest absolute Gasteiger partial charge is 0.251 e. The van der Waals surface area contributed by atoms with Crippen molar-refractivity contribution in [1.82, 2.24) is 16.0 Å². The number of benzene rings is 2. The third kappa shape index (κ3) is 9.21. The van der Waals surface area contributed by atoms with Gasteiger partial charge in [0.1, 0.15) is 5.82 Å². The van der Waals surface area contributed by atoms with Gasteiger partial charge in [-0.25, -0.2) is 9.38 Å². The lowest BCUT2D eigenvalue weighted by Crippen LogP contribution is -2.38. The number of halogens is 2. The van der Waals surface area contributed by atoms with E-state index in [-0.39, 0.29) is 42.2 Å². The van der Waals surface area contributed by atoms with Crippen LogP contribution in [0, 0.1) is 5.82 Å². The molecule has 2 rings (SSSR count). The van der Waals surface area contributed by atoms with E-state index in [0.717, 1.165) is 11.1 Å². The summed E-state index contributed by atoms with van der Waals surface area (Å²) >= 11 is 0. The average molecular weight is 527 g/mol. The van der Waals surface area contributed by atoms with Crippen LogP contribution in [0.15, 0.2) is 53.5 Å². The Morgan fingerprint density at radius 1 is 1.03 bits per heavy atom. The molecule has 0 spiro atoms. The highest BCUT2D eigenvalue weighted by molar-refractivity contribution is 14.0. The van der Waals surface area contributed by atoms with Crippen molar-refractivity contribution in [2.24, 2.45) is 10.7 Å². The van der Waals surface area contributed by atoms with E-state index < -0.39 is 5.91 Å². The molecule has 30 heavy (non-hydrogen) atoms. The first-order valence-corrected chi connectivity index (χ1v) is 9.40. The molecule has 162 valence electrons. The first-order chi connectivity index (χ1) is 14.0. The quantitative estimate of drug-likeness (QED) is 0.227. The Morgan fingerprint density at radius 2 is 1.77 bits per heavy atom. The summed E-state index contributed by atoms with van der Waals surface area (Å²) < 4.78 is 13.2. The number of amides is 2. The zero-order valence-electron chi connectivity index (χ0n) is 16.8. The third-order valence-corrected chi connectivity index (χ3v) is 4.00. The summed E-state index contributed by atoms with van der Waals surface area (Å²) in [5.41, 5.74) is 7.30. The van der Waals surface area contributed by atoms with Crippen LogP contribution in [0.4, 0.5) is 4.39 Å². The summed E-state index contributed by atoms with van der Waals surface area (Å²) in [5.74, 6) is -0.529. The lowest BCUT2D eigenvalue weighted by Gasteiger charge is -2.11. The number of nitrogens with two attached hydrogens (primary N) is 1. The molecule has 0 bridgehead atoms. The van der Waals surface area contributed by atoms with Crippen molar-refractivity contribution < 1.29 is 14.0 Å². The van der Waals surface area contributed by atoms with Gasteiger partial charge in [-0.05, 0) is 48.7 Å². The zero-order valence-corrected chi connectivity index (χ0v) is 19.1. The van der Waals surface area contributed by atoms with Crippen LogP contribution >= 0.6 is 24.0 Å². The maximum Gasteiger partial charge on any atom is 0.251 e. The van der Waals surface area contributed by atoms with Gasteiger partial charge in [-0.3, -0.25) is 9.59 Å². The van der Waals surface area contributed by atoms with Crippen molar-refractivity contribution in [2.45, 2.75) is 19.9 Å². The number of aliphatic imine (C=N–C) groups is 1. The van der Waals surface area contributed by atoms with Gasteiger partial charge in [0.05, 0.1) is 13.1 Å². The van der Waals surface area contributed by atoms with Gasteiger partial charge in [0, 0.05) is 18.7 Å². The van der Waals surface area contributed by atoms with Gasteiger partial charge in [-0.15, -0.1) is 24.0 Å². The van der Waals surface area contributed by atoms with E-state index in [1.807, 2.05) is 13.0 Å². The van der Waals surface area contributed by atoms with E-state index in [4.69, 9.17) is 5.73 Å². The predicted octanol–water partition coefficient (Wildman–Crippen LogP) is 1.96. The second-order valence-corrected chi connectivity index (χ2v) is 6.35. The molecule has 0 aliphatic heterocycles. The molecule has 0 heterocycles. The van der Waals surface area contributed by atoms with Gasteiger partial charge in [-0.1, -0.05) is 24.3 Å². The molecule has 0 saturated carbocycles. The third-order valence-electron chi connectivity index (χ3n) is 4.00. The number of hydrogen-bond donors (Lipinski definition) is 4. The molecule has 0 fully saturated rings. The highest BCUT2D eigenvalue weighted by atomic mass is 127. The van der Waals surface area contributed by atoms with Gasteiger partial charge in [0.25, 0.3) is 5.91 Å². The van der Waals surface area contributed by atoms with Crippen LogP contribution in [0.5, 0.6) is 0 Å². The van der Waals surface area contributed by atoms with Crippen molar-refractivity contribution in [1.29, 1.82) is 0 Å². The maximum absolute atomic E-state index is 13.2. The standard InChI is InChI=1S/C21H26FN5O2.HI/c1-2-24-21(25-11-10-15-4-3-5-18(22)12-15)27-13-16-6-8-17(9-7-16)20(29)26-14-19(23)28;/h3-9,12H,2,10-11,13-14H2,1H3,(H2,23,28)(H,26,29)(H2,24,25,27);1H. The average Bonchev–Trinajstić information content (AvgIpc) is 2.70. The van der Waals surface area contributed by atoms with Crippen molar-refractivity contribution in [3.8, 4) is 0 Å². The van der Waals surface area contributed by atoms with E-state index in [2.05, 4.69) is 20.9 Å². The fraction of sp³-hybridized carbons (Fsp3) is 0.286. The van der Waals surface area contributed by atoms with Crippen LogP contribution in [-0.4, -0.2) is 37.4 Å². The summed E-state index contributed by atoms with van der Waals surface area (Å²) in [6.45, 7) is 3.54. The molecule has 5 N–H and O–H groups in total. The number of hydrogen-bond acceptors (Lipinski definition) is 3. The number of carbonyl (C=O) groups excluding carboxylic acids is 2. The van der Waals surface area contributed by atoms with Gasteiger partial charge < -0.3 is 21.7 Å². The molecule has 0 aromatic heterocycles. The topological polar surface area (TPSA) is 109 Å². The molecule has 0 unspecified atom stereocenters. The molecule has 2 amide bonds. The summed E-state index contributed by atoms with van der Waals surface area (Å²) in [5, 5.41) is 8.83. The Morgan fingerprint density at radius 3 is 2.40 bits per heavy atom. The molecule has 0 aliphatic rings. The van der Waals surface area contributed by atoms with Crippen LogP contribution in [0.3, 0.4) is 0 Å². The molecule has 7 nitrogen and oxygen atoms in total. The highest BCUT2D eigenvalue weighted by Gasteiger charge is 2.06. The Balaban J connectivity index is 0.00000450. The van der Waals surface area contributed by atoms with E-state index in [9.17, 15) is 14.0 Å². The lowest BCUT2D eigenvalue weighted by molar-refractivity contribution is -0.117. The van der Waals surface area contributed by atoms with Crippen molar-refractivity contribution >= 4 is 41.8 Å². The van der Waals surface area contributed by atoms with E-state index in [1.54, 1.807) is 30.3 Å². The van der Waals surface area contributed by atoms with Crippen LogP contribution in [0.1, 0.15) is 28.4 Å². The van der Waals surface area contributed by atoms with Crippen LogP contribution in [0.2, 0.25) is 0 Å². The first-order valence-electron chi connectivity index (χ1n) is 9.40. The molecule has 0 saturated heterocycles. The molecule has 0 atom stereocenters. The Labute approximate surface area is 192 Å². The molecule has 2 aromatic rings. The number of carbonyl (C=O) groups is 2. The molecular weight excluding hydrogens is 500 g/mol. The molecule has 0 aliphatic carbocycles. The summed E-state index contributed by atoms with van der Waals surface area (Å²) in [7, 11) is 0. The predicted molar refractivity (Wildman–Crippen MR) is 126 cm³/mol. The summed E-state index contributed by atoms with van der Waals surface area (Å²) in [6.07, 6.45) is 0.678. The monoisotopic (exact) mass is 527 g/mol. The number of nitrogens with zero attached hydrogens (tertiary/aromatic N) is 1. The second-order valence-electron chi connectivity index (χ2n) is 6.35. The Kier molecular flexibility index (Phi) is 11.4. The fourth-order valence-electron chi connectivity index (χ4n) is 2.56. The molecule has 0 radical (unpaired) electrons.